The van der Waals surface area contributed by atoms with Gasteiger partial charge in [0.2, 0.25) is 0 Å². The van der Waals surface area contributed by atoms with E-state index in [2.05, 4.69) is 15.9 Å². The zero-order chi connectivity index (χ0) is 18.6. The van der Waals surface area contributed by atoms with Crippen molar-refractivity contribution in [2.45, 2.75) is 19.6 Å². The third-order valence-corrected chi connectivity index (χ3v) is 4.41. The molecule has 0 bridgehead atoms. The summed E-state index contributed by atoms with van der Waals surface area (Å²) >= 11 is 9.24. The van der Waals surface area contributed by atoms with Crippen LogP contribution >= 0.6 is 27.5 Å². The van der Waals surface area contributed by atoms with E-state index in [0.717, 1.165) is 0 Å². The highest BCUT2D eigenvalue weighted by Gasteiger charge is 2.20. The molecule has 0 saturated carbocycles. The van der Waals surface area contributed by atoms with Crippen molar-refractivity contribution in [2.24, 2.45) is 0 Å². The molecule has 0 N–H and O–H groups in total. The highest BCUT2D eigenvalue weighted by Crippen LogP contribution is 2.29. The molecule has 0 fully saturated rings. The lowest BCUT2D eigenvalue weighted by atomic mass is 10.2. The van der Waals surface area contributed by atoms with Crippen molar-refractivity contribution >= 4 is 33.4 Å². The number of hydrogen-bond acceptors (Lipinski definition) is 3. The minimum atomic E-state index is -0.703. The fraction of sp³-hybridized carbons (Fsp3) is 0.278. The van der Waals surface area contributed by atoms with Gasteiger partial charge in [0.1, 0.15) is 5.75 Å². The van der Waals surface area contributed by atoms with Gasteiger partial charge in [0.15, 0.2) is 17.7 Å². The van der Waals surface area contributed by atoms with Gasteiger partial charge in [-0.05, 0) is 58.7 Å². The fourth-order valence-corrected chi connectivity index (χ4v) is 3.06. The molecule has 25 heavy (non-hydrogen) atoms. The summed E-state index contributed by atoms with van der Waals surface area (Å²) in [7, 11) is 3.04. The van der Waals surface area contributed by atoms with Crippen molar-refractivity contribution in [2.75, 3.05) is 14.2 Å². The molecule has 1 unspecified atom stereocenters. The van der Waals surface area contributed by atoms with Gasteiger partial charge in [-0.2, -0.15) is 0 Å². The SMILES string of the molecule is COc1ccc(CN(C)C(=O)C(C)Oc2ccc(Cl)cc2Br)cc1F. The van der Waals surface area contributed by atoms with Gasteiger partial charge >= 0.3 is 0 Å². The highest BCUT2D eigenvalue weighted by molar-refractivity contribution is 9.10. The first-order chi connectivity index (χ1) is 11.8. The minimum absolute atomic E-state index is 0.169. The molecule has 1 amide bonds. The van der Waals surface area contributed by atoms with Crippen LogP contribution in [0.25, 0.3) is 0 Å². The Balaban J connectivity index is 2.02. The lowest BCUT2D eigenvalue weighted by Crippen LogP contribution is -2.37. The Morgan fingerprint density at radius 1 is 1.28 bits per heavy atom. The first-order valence-corrected chi connectivity index (χ1v) is 8.68. The normalized spacial score (nSPS) is 11.8. The number of methoxy groups -OCH3 is 1. The first kappa shape index (κ1) is 19.5. The fourth-order valence-electron chi connectivity index (χ4n) is 2.28. The predicted molar refractivity (Wildman–Crippen MR) is 98.7 cm³/mol. The van der Waals surface area contributed by atoms with E-state index < -0.39 is 11.9 Å². The van der Waals surface area contributed by atoms with E-state index in [4.69, 9.17) is 21.1 Å². The number of carbonyl (C=O) groups excluding carboxylic acids is 1. The van der Waals surface area contributed by atoms with Crippen molar-refractivity contribution in [1.82, 2.24) is 4.90 Å². The molecule has 0 aliphatic rings. The van der Waals surface area contributed by atoms with Crippen LogP contribution in [-0.2, 0) is 11.3 Å². The third-order valence-electron chi connectivity index (χ3n) is 3.56. The van der Waals surface area contributed by atoms with Gasteiger partial charge in [0, 0.05) is 18.6 Å². The average Bonchev–Trinajstić information content (AvgIpc) is 2.56. The number of ether oxygens (including phenoxy) is 2. The Kier molecular flexibility index (Phi) is 6.67. The number of likely N-dealkylation sites (N-methyl/N-ethyl adjacent to an activating group) is 1. The summed E-state index contributed by atoms with van der Waals surface area (Å²) in [5, 5.41) is 0.567. The maximum atomic E-state index is 13.8. The van der Waals surface area contributed by atoms with E-state index in [0.29, 0.717) is 20.8 Å². The zero-order valence-corrected chi connectivity index (χ0v) is 16.4. The molecular weight excluding hydrogens is 413 g/mol. The Morgan fingerprint density at radius 2 is 1.96 bits per heavy atom. The quantitative estimate of drug-likeness (QED) is 0.668. The van der Waals surface area contributed by atoms with E-state index in [9.17, 15) is 9.18 Å². The molecule has 0 spiro atoms. The van der Waals surface area contributed by atoms with Gasteiger partial charge in [-0.25, -0.2) is 4.39 Å². The van der Waals surface area contributed by atoms with Crippen LogP contribution in [0.15, 0.2) is 40.9 Å². The number of halogens is 3. The second-order valence-corrected chi connectivity index (χ2v) is 6.79. The average molecular weight is 431 g/mol. The monoisotopic (exact) mass is 429 g/mol. The van der Waals surface area contributed by atoms with Crippen LogP contribution < -0.4 is 9.47 Å². The van der Waals surface area contributed by atoms with Gasteiger partial charge in [0.05, 0.1) is 11.6 Å². The van der Waals surface area contributed by atoms with Crippen LogP contribution in [0.1, 0.15) is 12.5 Å². The van der Waals surface area contributed by atoms with E-state index >= 15 is 0 Å². The van der Waals surface area contributed by atoms with Crippen molar-refractivity contribution in [3.63, 3.8) is 0 Å². The van der Waals surface area contributed by atoms with Gasteiger partial charge in [-0.15, -0.1) is 0 Å². The predicted octanol–water partition coefficient (Wildman–Crippen LogP) is 4.68. The molecule has 0 aliphatic heterocycles. The van der Waals surface area contributed by atoms with Crippen LogP contribution in [0.4, 0.5) is 4.39 Å². The lowest BCUT2D eigenvalue weighted by molar-refractivity contribution is -0.137. The molecule has 2 rings (SSSR count). The molecule has 7 heteroatoms. The van der Waals surface area contributed by atoms with E-state index in [1.807, 2.05) is 0 Å². The summed E-state index contributed by atoms with van der Waals surface area (Å²) in [4.78, 5) is 14.0. The zero-order valence-electron chi connectivity index (χ0n) is 14.1. The van der Waals surface area contributed by atoms with Gasteiger partial charge in [-0.3, -0.25) is 4.79 Å². The molecule has 0 saturated heterocycles. The third kappa shape index (κ3) is 5.09. The van der Waals surface area contributed by atoms with Gasteiger partial charge in [0.25, 0.3) is 5.91 Å². The van der Waals surface area contributed by atoms with Crippen LogP contribution in [0, 0.1) is 5.82 Å². The number of rotatable bonds is 6. The molecule has 0 radical (unpaired) electrons. The second-order valence-electron chi connectivity index (χ2n) is 5.50. The Bertz CT molecular complexity index is 772. The smallest absolute Gasteiger partial charge is 0.263 e. The topological polar surface area (TPSA) is 38.8 Å². The molecule has 2 aromatic rings. The Hall–Kier alpha value is -1.79. The molecule has 134 valence electrons. The van der Waals surface area contributed by atoms with Crippen molar-refractivity contribution in [1.29, 1.82) is 0 Å². The number of carbonyl (C=O) groups is 1. The van der Waals surface area contributed by atoms with Crippen molar-refractivity contribution < 1.29 is 18.7 Å². The van der Waals surface area contributed by atoms with E-state index in [1.165, 1.54) is 24.1 Å². The maximum Gasteiger partial charge on any atom is 0.263 e. The number of amides is 1. The minimum Gasteiger partial charge on any atom is -0.494 e. The highest BCUT2D eigenvalue weighted by atomic mass is 79.9. The van der Waals surface area contributed by atoms with Crippen LogP contribution in [0.2, 0.25) is 5.02 Å². The van der Waals surface area contributed by atoms with Crippen LogP contribution in [0.3, 0.4) is 0 Å². The molecule has 0 heterocycles. The van der Waals surface area contributed by atoms with Gasteiger partial charge in [-0.1, -0.05) is 17.7 Å². The number of nitrogens with zero attached hydrogens (tertiary/aromatic N) is 1. The number of hydrogen-bond donors (Lipinski definition) is 0. The first-order valence-electron chi connectivity index (χ1n) is 7.51. The van der Waals surface area contributed by atoms with Crippen LogP contribution in [-0.4, -0.2) is 31.1 Å². The Morgan fingerprint density at radius 3 is 2.56 bits per heavy atom. The summed E-state index contributed by atoms with van der Waals surface area (Å²) < 4.78 is 25.0. The largest absolute Gasteiger partial charge is 0.494 e. The summed E-state index contributed by atoms with van der Waals surface area (Å²) in [6, 6.07) is 9.67. The molecular formula is C18H18BrClFNO3. The van der Waals surface area contributed by atoms with E-state index in [1.54, 1.807) is 38.2 Å². The lowest BCUT2D eigenvalue weighted by Gasteiger charge is -2.23. The molecule has 0 aliphatic carbocycles. The molecule has 1 atom stereocenters. The van der Waals surface area contributed by atoms with Gasteiger partial charge < -0.3 is 14.4 Å². The van der Waals surface area contributed by atoms with Crippen molar-refractivity contribution in [3.8, 4) is 11.5 Å². The number of benzene rings is 2. The molecule has 0 aromatic heterocycles. The summed E-state index contributed by atoms with van der Waals surface area (Å²) in [5.74, 6) is 0.00415. The van der Waals surface area contributed by atoms with Crippen LogP contribution in [0.5, 0.6) is 11.5 Å². The summed E-state index contributed by atoms with van der Waals surface area (Å²) in [6.45, 7) is 1.92. The second kappa shape index (κ2) is 8.54. The summed E-state index contributed by atoms with van der Waals surface area (Å²) in [6.07, 6.45) is -0.703. The standard InChI is InChI=1S/C18H18BrClFNO3/c1-11(25-16-7-5-13(20)9-14(16)19)18(23)22(2)10-12-4-6-17(24-3)15(21)8-12/h4-9,11H,10H2,1-3H3. The molecule has 2 aromatic carbocycles. The Labute approximate surface area is 159 Å². The van der Waals surface area contributed by atoms with Crippen molar-refractivity contribution in [3.05, 3.63) is 57.3 Å². The summed E-state index contributed by atoms with van der Waals surface area (Å²) in [5.41, 5.74) is 0.661. The van der Waals surface area contributed by atoms with E-state index in [-0.39, 0.29) is 18.2 Å². The maximum absolute atomic E-state index is 13.8. The molecule has 4 nitrogen and oxygen atoms in total.